The normalized spacial score (nSPS) is 22.3. The number of pyridine rings is 1. The summed E-state index contributed by atoms with van der Waals surface area (Å²) in [5.74, 6) is 0.638. The Morgan fingerprint density at radius 3 is 2.65 bits per heavy atom. The average Bonchev–Trinajstić information content (AvgIpc) is 2.49. The first kappa shape index (κ1) is 15.3. The van der Waals surface area contributed by atoms with Crippen LogP contribution in [0.15, 0.2) is 18.3 Å². The first-order chi connectivity index (χ1) is 9.72. The van der Waals surface area contributed by atoms with Crippen molar-refractivity contribution in [2.45, 2.75) is 44.0 Å². The molecule has 1 aliphatic rings. The molecule has 0 bridgehead atoms. The number of carbonyl (C=O) groups is 1. The van der Waals surface area contributed by atoms with E-state index in [-0.39, 0.29) is 18.0 Å². The van der Waals surface area contributed by atoms with E-state index in [1.165, 1.54) is 0 Å². The van der Waals surface area contributed by atoms with Crippen LogP contribution < -0.4 is 4.74 Å². The summed E-state index contributed by atoms with van der Waals surface area (Å²) in [4.78, 5) is 15.9. The Bertz CT molecular complexity index is 427. The van der Waals surface area contributed by atoms with Crippen LogP contribution in [0.5, 0.6) is 5.88 Å². The average molecular weight is 342 g/mol. The highest BCUT2D eigenvalue weighted by molar-refractivity contribution is 9.08. The van der Waals surface area contributed by atoms with Crippen LogP contribution in [0.3, 0.4) is 0 Å². The van der Waals surface area contributed by atoms with Gasteiger partial charge in [-0.15, -0.1) is 0 Å². The highest BCUT2D eigenvalue weighted by Crippen LogP contribution is 2.28. The molecule has 0 spiro atoms. The van der Waals surface area contributed by atoms with Crippen LogP contribution in [0.4, 0.5) is 0 Å². The maximum Gasteiger partial charge on any atom is 0.308 e. The van der Waals surface area contributed by atoms with E-state index in [0.717, 1.165) is 36.6 Å². The van der Waals surface area contributed by atoms with E-state index in [1.807, 2.05) is 25.3 Å². The Morgan fingerprint density at radius 2 is 2.10 bits per heavy atom. The van der Waals surface area contributed by atoms with Gasteiger partial charge in [0.15, 0.2) is 0 Å². The van der Waals surface area contributed by atoms with Gasteiger partial charge in [-0.1, -0.05) is 22.0 Å². The lowest BCUT2D eigenvalue weighted by atomic mass is 9.87. The third kappa shape index (κ3) is 4.20. The summed E-state index contributed by atoms with van der Waals surface area (Å²) in [6, 6.07) is 3.90. The molecule has 2 rings (SSSR count). The van der Waals surface area contributed by atoms with E-state index in [9.17, 15) is 4.79 Å². The number of halogens is 1. The lowest BCUT2D eigenvalue weighted by molar-refractivity contribution is -0.149. The second-order valence-corrected chi connectivity index (χ2v) is 5.54. The number of hydrogen-bond donors (Lipinski definition) is 0. The van der Waals surface area contributed by atoms with Crippen LogP contribution in [0.2, 0.25) is 0 Å². The number of hydrogen-bond acceptors (Lipinski definition) is 4. The molecule has 110 valence electrons. The first-order valence-corrected chi connectivity index (χ1v) is 8.19. The quantitative estimate of drug-likeness (QED) is 0.607. The van der Waals surface area contributed by atoms with Crippen LogP contribution in [-0.4, -0.2) is 23.7 Å². The summed E-state index contributed by atoms with van der Waals surface area (Å²) < 4.78 is 10.9. The number of aromatic nitrogens is 1. The number of carbonyl (C=O) groups excluding carboxylic acids is 1. The molecule has 1 fully saturated rings. The van der Waals surface area contributed by atoms with Gasteiger partial charge < -0.3 is 9.47 Å². The minimum absolute atomic E-state index is 0.0403. The maximum absolute atomic E-state index is 11.7. The summed E-state index contributed by atoms with van der Waals surface area (Å²) in [5.41, 5.74) is 1.13. The Labute approximate surface area is 128 Å². The van der Waals surface area contributed by atoms with E-state index in [4.69, 9.17) is 9.47 Å². The molecule has 0 aliphatic heterocycles. The van der Waals surface area contributed by atoms with Crippen molar-refractivity contribution in [2.24, 2.45) is 5.92 Å². The summed E-state index contributed by atoms with van der Waals surface area (Å²) in [6.45, 7) is 2.30. The lowest BCUT2D eigenvalue weighted by Crippen LogP contribution is -2.29. The van der Waals surface area contributed by atoms with E-state index < -0.39 is 0 Å². The summed E-state index contributed by atoms with van der Waals surface area (Å²) in [7, 11) is 0. The summed E-state index contributed by atoms with van der Waals surface area (Å²) in [5, 5.41) is 0.797. The van der Waals surface area contributed by atoms with Gasteiger partial charge in [0.25, 0.3) is 0 Å². The molecule has 0 aromatic carbocycles. The fraction of sp³-hybridized carbons (Fsp3) is 0.600. The minimum atomic E-state index is -0.0641. The van der Waals surface area contributed by atoms with Crippen molar-refractivity contribution in [3.63, 3.8) is 0 Å². The predicted molar refractivity (Wildman–Crippen MR) is 79.9 cm³/mol. The highest BCUT2D eigenvalue weighted by Gasteiger charge is 2.28. The summed E-state index contributed by atoms with van der Waals surface area (Å²) >= 11 is 3.39. The second kappa shape index (κ2) is 7.62. The molecular weight excluding hydrogens is 322 g/mol. The van der Waals surface area contributed by atoms with Gasteiger partial charge in [0.1, 0.15) is 6.10 Å². The van der Waals surface area contributed by atoms with Crippen molar-refractivity contribution in [3.05, 3.63) is 23.9 Å². The lowest BCUT2D eigenvalue weighted by Gasteiger charge is -2.27. The first-order valence-electron chi connectivity index (χ1n) is 7.07. The molecule has 0 saturated heterocycles. The van der Waals surface area contributed by atoms with Crippen molar-refractivity contribution < 1.29 is 14.3 Å². The van der Waals surface area contributed by atoms with E-state index in [0.29, 0.717) is 12.5 Å². The molecule has 4 nitrogen and oxygen atoms in total. The molecule has 1 saturated carbocycles. The van der Waals surface area contributed by atoms with E-state index in [2.05, 4.69) is 20.9 Å². The van der Waals surface area contributed by atoms with Gasteiger partial charge in [-0.05, 0) is 38.2 Å². The Kier molecular flexibility index (Phi) is 5.83. The standard InChI is InChI=1S/C15H20BrNO3/c1-2-19-15(18)12-4-6-13(7-5-12)20-14-8-3-11(9-16)10-17-14/h3,8,10,12-13H,2,4-7,9H2,1H3. The topological polar surface area (TPSA) is 48.4 Å². The van der Waals surface area contributed by atoms with Crippen molar-refractivity contribution in [1.82, 2.24) is 4.98 Å². The highest BCUT2D eigenvalue weighted by atomic mass is 79.9. The molecule has 0 atom stereocenters. The van der Waals surface area contributed by atoms with Gasteiger partial charge in [0, 0.05) is 17.6 Å². The largest absolute Gasteiger partial charge is 0.474 e. The molecule has 1 heterocycles. The number of nitrogens with zero attached hydrogens (tertiary/aromatic N) is 1. The molecular formula is C15H20BrNO3. The van der Waals surface area contributed by atoms with Crippen LogP contribution in [0.1, 0.15) is 38.2 Å². The third-order valence-corrected chi connectivity index (χ3v) is 4.18. The van der Waals surface area contributed by atoms with Crippen LogP contribution in [0.25, 0.3) is 0 Å². The zero-order valence-corrected chi connectivity index (χ0v) is 13.3. The molecule has 1 aliphatic carbocycles. The zero-order valence-electron chi connectivity index (χ0n) is 11.7. The molecule has 1 aromatic heterocycles. The van der Waals surface area contributed by atoms with E-state index >= 15 is 0 Å². The van der Waals surface area contributed by atoms with Crippen LogP contribution in [0, 0.1) is 5.92 Å². The molecule has 20 heavy (non-hydrogen) atoms. The minimum Gasteiger partial charge on any atom is -0.474 e. The van der Waals surface area contributed by atoms with Crippen molar-refractivity contribution in [1.29, 1.82) is 0 Å². The molecule has 0 unspecified atom stereocenters. The fourth-order valence-corrected chi connectivity index (χ4v) is 2.74. The number of ether oxygens (including phenoxy) is 2. The molecule has 0 amide bonds. The third-order valence-electron chi connectivity index (χ3n) is 3.53. The van der Waals surface area contributed by atoms with Gasteiger partial charge in [-0.25, -0.2) is 4.98 Å². The van der Waals surface area contributed by atoms with Gasteiger partial charge in [-0.3, -0.25) is 4.79 Å². The molecule has 1 aromatic rings. The van der Waals surface area contributed by atoms with Crippen LogP contribution >= 0.6 is 15.9 Å². The maximum atomic E-state index is 11.7. The monoisotopic (exact) mass is 341 g/mol. The van der Waals surface area contributed by atoms with Crippen molar-refractivity contribution in [3.8, 4) is 5.88 Å². The van der Waals surface area contributed by atoms with Gasteiger partial charge in [0.2, 0.25) is 5.88 Å². The number of rotatable bonds is 5. The van der Waals surface area contributed by atoms with Crippen LogP contribution in [-0.2, 0) is 14.9 Å². The Morgan fingerprint density at radius 1 is 1.35 bits per heavy atom. The van der Waals surface area contributed by atoms with Gasteiger partial charge in [0.05, 0.1) is 12.5 Å². The summed E-state index contributed by atoms with van der Waals surface area (Å²) in [6.07, 6.45) is 5.40. The fourth-order valence-electron chi connectivity index (χ4n) is 2.41. The van der Waals surface area contributed by atoms with Crippen molar-refractivity contribution >= 4 is 21.9 Å². The number of esters is 1. The van der Waals surface area contributed by atoms with Crippen molar-refractivity contribution in [2.75, 3.05) is 6.61 Å². The van der Waals surface area contributed by atoms with E-state index in [1.54, 1.807) is 0 Å². The molecule has 0 radical (unpaired) electrons. The molecule has 5 heteroatoms. The second-order valence-electron chi connectivity index (χ2n) is 4.98. The number of alkyl halides is 1. The zero-order chi connectivity index (χ0) is 14.4. The predicted octanol–water partition coefficient (Wildman–Crippen LogP) is 3.48. The Balaban J connectivity index is 1.80. The Hall–Kier alpha value is -1.10. The van der Waals surface area contributed by atoms with Gasteiger partial charge in [-0.2, -0.15) is 0 Å². The molecule has 0 N–H and O–H groups in total. The smallest absolute Gasteiger partial charge is 0.308 e. The SMILES string of the molecule is CCOC(=O)C1CCC(Oc2ccc(CBr)cn2)CC1. The van der Waals surface area contributed by atoms with Gasteiger partial charge >= 0.3 is 5.97 Å².